The minimum absolute atomic E-state index is 0.157. The fraction of sp³-hybridized carbons (Fsp3) is 0.250. The van der Waals surface area contributed by atoms with Gasteiger partial charge in [-0.15, -0.1) is 0 Å². The van der Waals surface area contributed by atoms with Gasteiger partial charge in [-0.1, -0.05) is 0 Å². The van der Waals surface area contributed by atoms with Gasteiger partial charge in [-0.2, -0.15) is 13.8 Å². The summed E-state index contributed by atoms with van der Waals surface area (Å²) in [5.41, 5.74) is 0.876. The van der Waals surface area contributed by atoms with Crippen molar-refractivity contribution in [2.75, 3.05) is 0 Å². The lowest BCUT2D eigenvalue weighted by Gasteiger charge is -2.01. The lowest BCUT2D eigenvalue weighted by Crippen LogP contribution is -2.11. The lowest BCUT2D eigenvalue weighted by molar-refractivity contribution is 0.102. The summed E-state index contributed by atoms with van der Waals surface area (Å²) in [5, 5.41) is 4.07. The Labute approximate surface area is 98.6 Å². The average Bonchev–Trinajstić information content (AvgIpc) is 2.85. The zero-order valence-corrected chi connectivity index (χ0v) is 10.2. The van der Waals surface area contributed by atoms with Crippen molar-refractivity contribution in [3.8, 4) is 0 Å². The fourth-order valence-corrected chi connectivity index (χ4v) is 2.10. The number of aromatic nitrogens is 4. The molecule has 0 saturated heterocycles. The van der Waals surface area contributed by atoms with Crippen LogP contribution in [0.5, 0.6) is 0 Å². The van der Waals surface area contributed by atoms with E-state index < -0.39 is 0 Å². The predicted octanol–water partition coefficient (Wildman–Crippen LogP) is 1.75. The number of hydrogen-bond donors (Lipinski definition) is 0. The summed E-state index contributed by atoms with van der Waals surface area (Å²) in [6.07, 6.45) is 3.07. The van der Waals surface area contributed by atoms with Crippen LogP contribution in [0.2, 0.25) is 0 Å². The molecule has 2 rings (SSSR count). The maximum Gasteiger partial charge on any atom is 0.233 e. The summed E-state index contributed by atoms with van der Waals surface area (Å²) in [5.74, 6) is -0.157. The molecule has 0 atom stereocenters. The first kappa shape index (κ1) is 10.4. The lowest BCUT2D eigenvalue weighted by atomic mass is 10.2. The number of carbonyl (C=O) groups excluding carboxylic acids is 1. The number of halogens is 1. The molecule has 2 heterocycles. The van der Waals surface area contributed by atoms with E-state index in [2.05, 4.69) is 29.8 Å². The molecule has 78 valence electrons. The SMILES string of the molecule is CCn1ncc(Br)c1C(=O)c1cnsn1. The topological polar surface area (TPSA) is 60.7 Å². The molecule has 2 aromatic rings. The van der Waals surface area contributed by atoms with E-state index in [0.29, 0.717) is 22.4 Å². The van der Waals surface area contributed by atoms with Gasteiger partial charge in [0.15, 0.2) is 0 Å². The highest BCUT2D eigenvalue weighted by atomic mass is 79.9. The van der Waals surface area contributed by atoms with Crippen LogP contribution >= 0.6 is 27.7 Å². The van der Waals surface area contributed by atoms with Crippen LogP contribution in [0.4, 0.5) is 0 Å². The molecule has 5 nitrogen and oxygen atoms in total. The van der Waals surface area contributed by atoms with E-state index in [-0.39, 0.29) is 5.78 Å². The summed E-state index contributed by atoms with van der Waals surface area (Å²) in [6, 6.07) is 0. The van der Waals surface area contributed by atoms with Crippen LogP contribution < -0.4 is 0 Å². The zero-order valence-electron chi connectivity index (χ0n) is 7.85. The monoisotopic (exact) mass is 286 g/mol. The van der Waals surface area contributed by atoms with Crippen molar-refractivity contribution >= 4 is 33.4 Å². The first-order chi connectivity index (χ1) is 7.24. The molecule has 0 amide bonds. The highest BCUT2D eigenvalue weighted by Gasteiger charge is 2.19. The van der Waals surface area contributed by atoms with E-state index in [1.165, 1.54) is 6.20 Å². The highest BCUT2D eigenvalue weighted by molar-refractivity contribution is 9.10. The Kier molecular flexibility index (Phi) is 2.92. The number of ketones is 1. The second kappa shape index (κ2) is 4.19. The van der Waals surface area contributed by atoms with Gasteiger partial charge in [0, 0.05) is 6.54 Å². The Morgan fingerprint density at radius 3 is 3.00 bits per heavy atom. The third-order valence-corrected chi connectivity index (χ3v) is 2.96. The molecule has 0 aromatic carbocycles. The standard InChI is InChI=1S/C8H7BrN4OS/c1-2-13-7(5(9)3-10-13)8(14)6-4-11-15-12-6/h3-4H,2H2,1H3. The Bertz CT molecular complexity index is 479. The number of hydrogen-bond acceptors (Lipinski definition) is 5. The number of carbonyl (C=O) groups is 1. The van der Waals surface area contributed by atoms with Crippen LogP contribution in [0.15, 0.2) is 16.9 Å². The maximum atomic E-state index is 12.0. The molecule has 2 aromatic heterocycles. The number of rotatable bonds is 3. The van der Waals surface area contributed by atoms with E-state index in [0.717, 1.165) is 11.7 Å². The van der Waals surface area contributed by atoms with Crippen molar-refractivity contribution in [2.45, 2.75) is 13.5 Å². The van der Waals surface area contributed by atoms with Gasteiger partial charge in [-0.25, -0.2) is 0 Å². The molecular formula is C8H7BrN4OS. The van der Waals surface area contributed by atoms with Gasteiger partial charge in [0.2, 0.25) is 5.78 Å². The van der Waals surface area contributed by atoms with Crippen LogP contribution in [0.25, 0.3) is 0 Å². The van der Waals surface area contributed by atoms with E-state index in [1.807, 2.05) is 6.92 Å². The van der Waals surface area contributed by atoms with Gasteiger partial charge in [0.25, 0.3) is 0 Å². The van der Waals surface area contributed by atoms with Gasteiger partial charge < -0.3 is 0 Å². The molecule has 0 saturated carbocycles. The molecule has 0 aliphatic carbocycles. The minimum Gasteiger partial charge on any atom is -0.285 e. The van der Waals surface area contributed by atoms with E-state index in [4.69, 9.17) is 0 Å². The number of aryl methyl sites for hydroxylation is 1. The molecule has 0 fully saturated rings. The summed E-state index contributed by atoms with van der Waals surface area (Å²) in [4.78, 5) is 12.0. The van der Waals surface area contributed by atoms with Gasteiger partial charge in [0.1, 0.15) is 11.4 Å². The average molecular weight is 287 g/mol. The predicted molar refractivity (Wildman–Crippen MR) is 58.9 cm³/mol. The van der Waals surface area contributed by atoms with Crippen molar-refractivity contribution in [2.24, 2.45) is 0 Å². The first-order valence-electron chi connectivity index (χ1n) is 4.27. The Hall–Kier alpha value is -1.08. The molecule has 0 spiro atoms. The normalized spacial score (nSPS) is 10.5. The largest absolute Gasteiger partial charge is 0.285 e. The van der Waals surface area contributed by atoms with Crippen molar-refractivity contribution in [3.05, 3.63) is 28.3 Å². The molecule has 0 N–H and O–H groups in total. The quantitative estimate of drug-likeness (QED) is 0.807. The highest BCUT2D eigenvalue weighted by Crippen LogP contribution is 2.19. The summed E-state index contributed by atoms with van der Waals surface area (Å²) in [6.45, 7) is 2.57. The molecule has 0 unspecified atom stereocenters. The molecular weight excluding hydrogens is 280 g/mol. The van der Waals surface area contributed by atoms with Crippen molar-refractivity contribution in [3.63, 3.8) is 0 Å². The van der Waals surface area contributed by atoms with Gasteiger partial charge in [-0.05, 0) is 22.9 Å². The maximum absolute atomic E-state index is 12.0. The van der Waals surface area contributed by atoms with E-state index >= 15 is 0 Å². The third kappa shape index (κ3) is 1.84. The van der Waals surface area contributed by atoms with Crippen LogP contribution in [-0.4, -0.2) is 24.3 Å². The van der Waals surface area contributed by atoms with Gasteiger partial charge in [-0.3, -0.25) is 9.48 Å². The van der Waals surface area contributed by atoms with Crippen LogP contribution in [0.3, 0.4) is 0 Å². The Morgan fingerprint density at radius 1 is 1.60 bits per heavy atom. The van der Waals surface area contributed by atoms with Crippen molar-refractivity contribution in [1.29, 1.82) is 0 Å². The second-order valence-corrected chi connectivity index (χ2v) is 4.19. The smallest absolute Gasteiger partial charge is 0.233 e. The van der Waals surface area contributed by atoms with Crippen LogP contribution in [0.1, 0.15) is 23.1 Å². The summed E-state index contributed by atoms with van der Waals surface area (Å²) < 4.78 is 10.0. The first-order valence-corrected chi connectivity index (χ1v) is 5.80. The van der Waals surface area contributed by atoms with E-state index in [1.54, 1.807) is 10.9 Å². The molecule has 0 aliphatic rings. The third-order valence-electron chi connectivity index (χ3n) is 1.90. The second-order valence-electron chi connectivity index (χ2n) is 2.78. The summed E-state index contributed by atoms with van der Waals surface area (Å²) >= 11 is 4.31. The molecule has 0 bridgehead atoms. The van der Waals surface area contributed by atoms with Crippen molar-refractivity contribution < 1.29 is 4.79 Å². The molecule has 0 aliphatic heterocycles. The Balaban J connectivity index is 2.45. The Morgan fingerprint density at radius 2 is 2.40 bits per heavy atom. The van der Waals surface area contributed by atoms with E-state index in [9.17, 15) is 4.79 Å². The molecule has 0 radical (unpaired) electrons. The van der Waals surface area contributed by atoms with Gasteiger partial charge in [0.05, 0.1) is 28.6 Å². The summed E-state index contributed by atoms with van der Waals surface area (Å²) in [7, 11) is 0. The minimum atomic E-state index is -0.157. The number of nitrogens with zero attached hydrogens (tertiary/aromatic N) is 4. The molecule has 15 heavy (non-hydrogen) atoms. The molecule has 7 heteroatoms. The fourth-order valence-electron chi connectivity index (χ4n) is 1.21. The van der Waals surface area contributed by atoms with Crippen molar-refractivity contribution in [1.82, 2.24) is 18.5 Å². The van der Waals surface area contributed by atoms with Crippen LogP contribution in [0, 0.1) is 0 Å². The van der Waals surface area contributed by atoms with Crippen LogP contribution in [-0.2, 0) is 6.54 Å². The zero-order chi connectivity index (χ0) is 10.8. The van der Waals surface area contributed by atoms with Gasteiger partial charge >= 0.3 is 0 Å².